The maximum Gasteiger partial charge on any atom is 0.328 e. The number of ether oxygens (including phenoxy) is 1. The molecule has 0 amide bonds. The second-order valence-electron chi connectivity index (χ2n) is 6.20. The van der Waals surface area contributed by atoms with Crippen LogP contribution in [0.5, 0.6) is 5.75 Å². The van der Waals surface area contributed by atoms with Gasteiger partial charge in [-0.15, -0.1) is 0 Å². The van der Waals surface area contributed by atoms with Gasteiger partial charge in [0.05, 0.1) is 6.42 Å². The Morgan fingerprint density at radius 2 is 1.52 bits per heavy atom. The molecule has 0 saturated carbocycles. The van der Waals surface area contributed by atoms with Gasteiger partial charge in [-0.25, -0.2) is 4.79 Å². The Labute approximate surface area is 169 Å². The SMILES string of the molecule is NCCc1ccccc1.N[C@H](CCC(=O)O)C(=O)Oc1ccc(CC(=O)O)cc1. The molecule has 0 saturated heterocycles. The molecule has 0 bridgehead atoms. The molecule has 156 valence electrons. The average Bonchev–Trinajstić information content (AvgIpc) is 2.68. The van der Waals surface area contributed by atoms with Crippen molar-refractivity contribution in [3.8, 4) is 5.75 Å². The minimum Gasteiger partial charge on any atom is -0.481 e. The van der Waals surface area contributed by atoms with Crippen LogP contribution in [0.3, 0.4) is 0 Å². The van der Waals surface area contributed by atoms with Crippen LogP contribution in [0.2, 0.25) is 0 Å². The zero-order valence-corrected chi connectivity index (χ0v) is 16.0. The van der Waals surface area contributed by atoms with Gasteiger partial charge in [0.15, 0.2) is 0 Å². The minimum atomic E-state index is -1.04. The molecule has 0 spiro atoms. The van der Waals surface area contributed by atoms with Crippen molar-refractivity contribution >= 4 is 17.9 Å². The van der Waals surface area contributed by atoms with Crippen molar-refractivity contribution in [2.45, 2.75) is 31.7 Å². The third-order valence-corrected chi connectivity index (χ3v) is 3.74. The zero-order chi connectivity index (χ0) is 21.6. The van der Waals surface area contributed by atoms with E-state index in [1.54, 1.807) is 0 Å². The average molecular weight is 402 g/mol. The summed E-state index contributed by atoms with van der Waals surface area (Å²) in [5.41, 5.74) is 12.7. The van der Waals surface area contributed by atoms with Crippen LogP contribution in [0, 0.1) is 0 Å². The van der Waals surface area contributed by atoms with Crippen LogP contribution < -0.4 is 16.2 Å². The topological polar surface area (TPSA) is 153 Å². The van der Waals surface area contributed by atoms with Crippen molar-refractivity contribution in [2.24, 2.45) is 11.5 Å². The van der Waals surface area contributed by atoms with E-state index in [1.165, 1.54) is 29.8 Å². The summed E-state index contributed by atoms with van der Waals surface area (Å²) in [6.07, 6.45) is 0.645. The zero-order valence-electron chi connectivity index (χ0n) is 16.0. The van der Waals surface area contributed by atoms with E-state index in [0.717, 1.165) is 13.0 Å². The third-order valence-electron chi connectivity index (χ3n) is 3.74. The lowest BCUT2D eigenvalue weighted by atomic mass is 10.1. The monoisotopic (exact) mass is 402 g/mol. The predicted octanol–water partition coefficient (Wildman–Crippen LogP) is 1.60. The van der Waals surface area contributed by atoms with Gasteiger partial charge in [-0.05, 0) is 42.6 Å². The molecule has 0 unspecified atom stereocenters. The standard InChI is InChI=1S/C13H15NO6.C8H11N/c14-10(5-6-11(15)16)13(19)20-9-3-1-8(2-4-9)7-12(17)18;9-7-6-8-4-2-1-3-5-8/h1-4,10H,5-7,14H2,(H,15,16)(H,17,18);1-5H,6-7,9H2/t10-;/m1./s1. The molecule has 0 radical (unpaired) electrons. The molecular formula is C21H26N2O6. The first-order chi connectivity index (χ1) is 13.8. The second kappa shape index (κ2) is 13.0. The number of rotatable bonds is 9. The summed E-state index contributed by atoms with van der Waals surface area (Å²) >= 11 is 0. The highest BCUT2D eigenvalue weighted by Gasteiger charge is 2.17. The van der Waals surface area contributed by atoms with E-state index in [1.807, 2.05) is 18.2 Å². The van der Waals surface area contributed by atoms with E-state index < -0.39 is 23.9 Å². The Bertz CT molecular complexity index is 778. The maximum absolute atomic E-state index is 11.6. The van der Waals surface area contributed by atoms with Gasteiger partial charge in [0.2, 0.25) is 0 Å². The molecule has 2 rings (SSSR count). The van der Waals surface area contributed by atoms with Gasteiger partial charge < -0.3 is 26.4 Å². The molecule has 6 N–H and O–H groups in total. The summed E-state index contributed by atoms with van der Waals surface area (Å²) < 4.78 is 4.96. The molecule has 0 aliphatic carbocycles. The molecule has 8 heteroatoms. The van der Waals surface area contributed by atoms with Gasteiger partial charge >= 0.3 is 17.9 Å². The van der Waals surface area contributed by atoms with Gasteiger partial charge in [-0.3, -0.25) is 9.59 Å². The number of hydrogen-bond acceptors (Lipinski definition) is 6. The van der Waals surface area contributed by atoms with Crippen molar-refractivity contribution in [1.29, 1.82) is 0 Å². The number of carboxylic acid groups (broad SMARTS) is 2. The van der Waals surface area contributed by atoms with Crippen LogP contribution in [0.15, 0.2) is 54.6 Å². The van der Waals surface area contributed by atoms with E-state index in [0.29, 0.717) is 5.56 Å². The van der Waals surface area contributed by atoms with E-state index in [9.17, 15) is 14.4 Å². The molecule has 29 heavy (non-hydrogen) atoms. The lowest BCUT2D eigenvalue weighted by Gasteiger charge is -2.10. The second-order valence-corrected chi connectivity index (χ2v) is 6.20. The molecule has 0 aromatic heterocycles. The number of carbonyl (C=O) groups excluding carboxylic acids is 1. The maximum atomic E-state index is 11.6. The summed E-state index contributed by atoms with van der Waals surface area (Å²) in [6, 6.07) is 15.2. The number of benzene rings is 2. The number of aliphatic carboxylic acids is 2. The van der Waals surface area contributed by atoms with Crippen molar-refractivity contribution in [1.82, 2.24) is 0 Å². The molecule has 8 nitrogen and oxygen atoms in total. The number of esters is 1. The highest BCUT2D eigenvalue weighted by Crippen LogP contribution is 2.14. The van der Waals surface area contributed by atoms with E-state index in [-0.39, 0.29) is 25.0 Å². The van der Waals surface area contributed by atoms with Gasteiger partial charge in [-0.2, -0.15) is 0 Å². The van der Waals surface area contributed by atoms with Gasteiger partial charge in [0.1, 0.15) is 11.8 Å². The lowest BCUT2D eigenvalue weighted by molar-refractivity contribution is -0.139. The highest BCUT2D eigenvalue weighted by atomic mass is 16.5. The number of nitrogens with two attached hydrogens (primary N) is 2. The molecule has 0 fully saturated rings. The van der Waals surface area contributed by atoms with Crippen molar-refractivity contribution in [3.63, 3.8) is 0 Å². The Morgan fingerprint density at radius 1 is 0.897 bits per heavy atom. The smallest absolute Gasteiger partial charge is 0.328 e. The summed E-state index contributed by atoms with van der Waals surface area (Å²) in [4.78, 5) is 32.4. The van der Waals surface area contributed by atoms with Crippen molar-refractivity contribution in [2.75, 3.05) is 6.54 Å². The summed E-state index contributed by atoms with van der Waals surface area (Å²) in [7, 11) is 0. The van der Waals surface area contributed by atoms with Gasteiger partial charge in [-0.1, -0.05) is 42.5 Å². The number of hydrogen-bond donors (Lipinski definition) is 4. The minimum absolute atomic E-state index is 0.00867. The third kappa shape index (κ3) is 10.6. The van der Waals surface area contributed by atoms with Gasteiger partial charge in [0.25, 0.3) is 0 Å². The molecule has 2 aromatic carbocycles. The molecular weight excluding hydrogens is 376 g/mol. The Kier molecular flexibility index (Phi) is 10.7. The normalized spacial score (nSPS) is 11.0. The molecule has 0 aliphatic heterocycles. The first-order valence-corrected chi connectivity index (χ1v) is 9.05. The Morgan fingerprint density at radius 3 is 2.03 bits per heavy atom. The van der Waals surface area contributed by atoms with E-state index >= 15 is 0 Å². The Balaban J connectivity index is 0.000000387. The van der Waals surface area contributed by atoms with Crippen LogP contribution in [-0.4, -0.2) is 40.7 Å². The Hall–Kier alpha value is -3.23. The molecule has 0 heterocycles. The summed E-state index contributed by atoms with van der Waals surface area (Å²) in [5, 5.41) is 17.1. The molecule has 2 aromatic rings. The van der Waals surface area contributed by atoms with Gasteiger partial charge in [0, 0.05) is 6.42 Å². The van der Waals surface area contributed by atoms with Crippen LogP contribution in [-0.2, 0) is 27.2 Å². The summed E-state index contributed by atoms with van der Waals surface area (Å²) in [5.74, 6) is -2.48. The van der Waals surface area contributed by atoms with Crippen LogP contribution in [0.1, 0.15) is 24.0 Å². The number of carbonyl (C=O) groups is 3. The van der Waals surface area contributed by atoms with Crippen molar-refractivity contribution < 1.29 is 29.3 Å². The predicted molar refractivity (Wildman–Crippen MR) is 107 cm³/mol. The fourth-order valence-corrected chi connectivity index (χ4v) is 2.25. The first kappa shape index (κ1) is 23.8. The quantitative estimate of drug-likeness (QED) is 0.364. The van der Waals surface area contributed by atoms with Crippen LogP contribution >= 0.6 is 0 Å². The first-order valence-electron chi connectivity index (χ1n) is 9.05. The van der Waals surface area contributed by atoms with Crippen LogP contribution in [0.25, 0.3) is 0 Å². The number of carboxylic acids is 2. The van der Waals surface area contributed by atoms with E-state index in [4.69, 9.17) is 26.4 Å². The highest BCUT2D eigenvalue weighted by molar-refractivity contribution is 5.79. The van der Waals surface area contributed by atoms with Crippen LogP contribution in [0.4, 0.5) is 0 Å². The fourth-order valence-electron chi connectivity index (χ4n) is 2.25. The molecule has 0 aliphatic rings. The lowest BCUT2D eigenvalue weighted by Crippen LogP contribution is -2.34. The molecule has 1 atom stereocenters. The van der Waals surface area contributed by atoms with E-state index in [2.05, 4.69) is 12.1 Å². The largest absolute Gasteiger partial charge is 0.481 e. The summed E-state index contributed by atoms with van der Waals surface area (Å²) in [6.45, 7) is 0.740. The fraction of sp³-hybridized carbons (Fsp3) is 0.286. The van der Waals surface area contributed by atoms with Crippen molar-refractivity contribution in [3.05, 3.63) is 65.7 Å².